The predicted octanol–water partition coefficient (Wildman–Crippen LogP) is 0.964. The minimum atomic E-state index is -0.0173. The second-order valence-corrected chi connectivity index (χ2v) is 4.38. The second-order valence-electron chi connectivity index (χ2n) is 4.38. The third-order valence-electron chi connectivity index (χ3n) is 3.26. The molecule has 0 aliphatic carbocycles. The first-order valence-corrected chi connectivity index (χ1v) is 5.49. The average molecular weight is 209 g/mol. The SMILES string of the molecule is Cc1cc(C)n(C2(CN)CCOCC2)n1. The smallest absolute Gasteiger partial charge is 0.0796 e. The van der Waals surface area contributed by atoms with Crippen molar-refractivity contribution in [3.8, 4) is 0 Å². The molecule has 0 aromatic carbocycles. The highest BCUT2D eigenvalue weighted by Crippen LogP contribution is 2.29. The molecular weight excluding hydrogens is 190 g/mol. The number of rotatable bonds is 2. The van der Waals surface area contributed by atoms with E-state index in [0.717, 1.165) is 31.7 Å². The van der Waals surface area contributed by atoms with Crippen LogP contribution in [0.15, 0.2) is 6.07 Å². The summed E-state index contributed by atoms with van der Waals surface area (Å²) in [5.74, 6) is 0. The zero-order chi connectivity index (χ0) is 10.9. The molecule has 0 spiro atoms. The van der Waals surface area contributed by atoms with E-state index in [1.807, 2.05) is 6.92 Å². The third-order valence-corrected chi connectivity index (χ3v) is 3.26. The van der Waals surface area contributed by atoms with Crippen molar-refractivity contribution in [3.05, 3.63) is 17.5 Å². The zero-order valence-electron chi connectivity index (χ0n) is 9.49. The van der Waals surface area contributed by atoms with Gasteiger partial charge in [0.2, 0.25) is 0 Å². The van der Waals surface area contributed by atoms with Crippen LogP contribution in [-0.4, -0.2) is 29.5 Å². The second kappa shape index (κ2) is 3.94. The van der Waals surface area contributed by atoms with Gasteiger partial charge in [0.15, 0.2) is 0 Å². The van der Waals surface area contributed by atoms with E-state index < -0.39 is 0 Å². The fourth-order valence-electron chi connectivity index (χ4n) is 2.36. The number of hydrogen-bond donors (Lipinski definition) is 1. The maximum Gasteiger partial charge on any atom is 0.0796 e. The van der Waals surface area contributed by atoms with Crippen molar-refractivity contribution >= 4 is 0 Å². The number of ether oxygens (including phenoxy) is 1. The number of nitrogens with two attached hydrogens (primary N) is 1. The van der Waals surface area contributed by atoms with Crippen LogP contribution >= 0.6 is 0 Å². The van der Waals surface area contributed by atoms with E-state index >= 15 is 0 Å². The molecule has 0 radical (unpaired) electrons. The molecule has 0 bridgehead atoms. The van der Waals surface area contributed by atoms with E-state index in [4.69, 9.17) is 10.5 Å². The zero-order valence-corrected chi connectivity index (χ0v) is 9.49. The first kappa shape index (κ1) is 10.6. The van der Waals surface area contributed by atoms with E-state index in [-0.39, 0.29) is 5.54 Å². The maximum absolute atomic E-state index is 5.93. The van der Waals surface area contributed by atoms with Crippen LogP contribution in [0.2, 0.25) is 0 Å². The van der Waals surface area contributed by atoms with E-state index in [1.54, 1.807) is 0 Å². The minimum Gasteiger partial charge on any atom is -0.381 e. The molecule has 1 aliphatic rings. The van der Waals surface area contributed by atoms with Gasteiger partial charge in [-0.15, -0.1) is 0 Å². The highest BCUT2D eigenvalue weighted by atomic mass is 16.5. The van der Waals surface area contributed by atoms with Crippen LogP contribution in [0.25, 0.3) is 0 Å². The van der Waals surface area contributed by atoms with Gasteiger partial charge < -0.3 is 10.5 Å². The van der Waals surface area contributed by atoms with Crippen LogP contribution in [0.4, 0.5) is 0 Å². The van der Waals surface area contributed by atoms with Gasteiger partial charge in [-0.3, -0.25) is 4.68 Å². The number of aryl methyl sites for hydroxylation is 2. The number of nitrogens with zero attached hydrogens (tertiary/aromatic N) is 2. The van der Waals surface area contributed by atoms with Gasteiger partial charge in [-0.05, 0) is 32.8 Å². The van der Waals surface area contributed by atoms with Gasteiger partial charge >= 0.3 is 0 Å². The van der Waals surface area contributed by atoms with Gasteiger partial charge in [0, 0.05) is 25.5 Å². The van der Waals surface area contributed by atoms with Gasteiger partial charge in [0.1, 0.15) is 0 Å². The monoisotopic (exact) mass is 209 g/mol. The van der Waals surface area contributed by atoms with Gasteiger partial charge in [-0.1, -0.05) is 0 Å². The molecule has 1 fully saturated rings. The highest BCUT2D eigenvalue weighted by Gasteiger charge is 2.34. The molecule has 2 N–H and O–H groups in total. The van der Waals surface area contributed by atoms with E-state index in [1.165, 1.54) is 5.69 Å². The molecule has 4 nitrogen and oxygen atoms in total. The fraction of sp³-hybridized carbons (Fsp3) is 0.727. The first-order valence-electron chi connectivity index (χ1n) is 5.49. The molecule has 1 saturated heterocycles. The van der Waals surface area contributed by atoms with E-state index in [2.05, 4.69) is 22.8 Å². The lowest BCUT2D eigenvalue weighted by Gasteiger charge is -2.37. The van der Waals surface area contributed by atoms with Gasteiger partial charge in [-0.25, -0.2) is 0 Å². The molecule has 0 amide bonds. The van der Waals surface area contributed by atoms with E-state index in [0.29, 0.717) is 6.54 Å². The van der Waals surface area contributed by atoms with Crippen molar-refractivity contribution in [3.63, 3.8) is 0 Å². The molecule has 15 heavy (non-hydrogen) atoms. The summed E-state index contributed by atoms with van der Waals surface area (Å²) in [4.78, 5) is 0. The van der Waals surface area contributed by atoms with Crippen molar-refractivity contribution in [2.45, 2.75) is 32.2 Å². The van der Waals surface area contributed by atoms with Crippen LogP contribution in [0, 0.1) is 13.8 Å². The molecule has 1 aromatic rings. The Balaban J connectivity index is 2.36. The molecule has 1 aromatic heterocycles. The van der Waals surface area contributed by atoms with Crippen molar-refractivity contribution in [2.75, 3.05) is 19.8 Å². The summed E-state index contributed by atoms with van der Waals surface area (Å²) < 4.78 is 7.50. The quantitative estimate of drug-likeness (QED) is 0.789. The largest absolute Gasteiger partial charge is 0.381 e. The molecular formula is C11H19N3O. The first-order chi connectivity index (χ1) is 7.18. The lowest BCUT2D eigenvalue weighted by atomic mass is 9.90. The Hall–Kier alpha value is -0.870. The minimum absolute atomic E-state index is 0.0173. The standard InChI is InChI=1S/C11H19N3O/c1-9-7-10(2)14(13-9)11(8-12)3-5-15-6-4-11/h7H,3-6,8,12H2,1-2H3. The summed E-state index contributed by atoms with van der Waals surface area (Å²) in [6, 6.07) is 2.10. The molecule has 2 rings (SSSR count). The van der Waals surface area contributed by atoms with E-state index in [9.17, 15) is 0 Å². The van der Waals surface area contributed by atoms with Crippen molar-refractivity contribution in [1.82, 2.24) is 9.78 Å². The molecule has 2 heterocycles. The van der Waals surface area contributed by atoms with Gasteiger partial charge in [-0.2, -0.15) is 5.10 Å². The summed E-state index contributed by atoms with van der Waals surface area (Å²) in [6.07, 6.45) is 1.93. The molecule has 0 atom stereocenters. The van der Waals surface area contributed by atoms with Crippen molar-refractivity contribution in [2.24, 2.45) is 5.73 Å². The summed E-state index contributed by atoms with van der Waals surface area (Å²) in [5.41, 5.74) is 8.17. The molecule has 0 saturated carbocycles. The Morgan fingerprint density at radius 3 is 2.60 bits per heavy atom. The summed E-state index contributed by atoms with van der Waals surface area (Å²) in [7, 11) is 0. The Morgan fingerprint density at radius 1 is 1.47 bits per heavy atom. The Bertz CT molecular complexity index is 340. The lowest BCUT2D eigenvalue weighted by Crippen LogP contribution is -2.46. The van der Waals surface area contributed by atoms with Crippen LogP contribution in [0.5, 0.6) is 0 Å². The molecule has 84 valence electrons. The van der Waals surface area contributed by atoms with Crippen molar-refractivity contribution < 1.29 is 4.74 Å². The average Bonchev–Trinajstić information content (AvgIpc) is 2.59. The van der Waals surface area contributed by atoms with Gasteiger partial charge in [0.25, 0.3) is 0 Å². The Kier molecular flexibility index (Phi) is 2.80. The lowest BCUT2D eigenvalue weighted by molar-refractivity contribution is 0.0182. The van der Waals surface area contributed by atoms with Crippen LogP contribution < -0.4 is 5.73 Å². The number of hydrogen-bond acceptors (Lipinski definition) is 3. The molecule has 1 aliphatic heterocycles. The number of aromatic nitrogens is 2. The van der Waals surface area contributed by atoms with Crippen LogP contribution in [0.3, 0.4) is 0 Å². The third kappa shape index (κ3) is 1.79. The highest BCUT2D eigenvalue weighted by molar-refractivity contribution is 5.10. The summed E-state index contributed by atoms with van der Waals surface area (Å²) >= 11 is 0. The Morgan fingerprint density at radius 2 is 2.13 bits per heavy atom. The fourth-order valence-corrected chi connectivity index (χ4v) is 2.36. The van der Waals surface area contributed by atoms with Crippen LogP contribution in [0.1, 0.15) is 24.2 Å². The summed E-state index contributed by atoms with van der Waals surface area (Å²) in [6.45, 7) is 6.32. The Labute approximate surface area is 90.4 Å². The maximum atomic E-state index is 5.93. The van der Waals surface area contributed by atoms with Crippen LogP contribution in [-0.2, 0) is 10.3 Å². The molecule has 4 heteroatoms. The van der Waals surface area contributed by atoms with Crippen molar-refractivity contribution in [1.29, 1.82) is 0 Å². The summed E-state index contributed by atoms with van der Waals surface area (Å²) in [5, 5.41) is 4.56. The van der Waals surface area contributed by atoms with Gasteiger partial charge in [0.05, 0.1) is 11.2 Å². The predicted molar refractivity (Wildman–Crippen MR) is 58.8 cm³/mol. The topological polar surface area (TPSA) is 53.1 Å². The normalized spacial score (nSPS) is 20.5. The molecule has 0 unspecified atom stereocenters.